The van der Waals surface area contributed by atoms with Crippen LogP contribution in [0.1, 0.15) is 329 Å². The van der Waals surface area contributed by atoms with Gasteiger partial charge in [-0.15, -0.1) is 0 Å². The number of alkyl halides is 1. The predicted octanol–water partition coefficient (Wildman–Crippen LogP) is 28.2. The van der Waals surface area contributed by atoms with Crippen LogP contribution < -0.4 is 47.5 Å². The van der Waals surface area contributed by atoms with E-state index in [4.69, 9.17) is 44.8 Å². The van der Waals surface area contributed by atoms with Gasteiger partial charge in [-0.1, -0.05) is 98.6 Å². The van der Waals surface area contributed by atoms with Crippen LogP contribution in [0.4, 0.5) is 4.39 Å². The molecule has 2 saturated heterocycles. The van der Waals surface area contributed by atoms with Gasteiger partial charge in [-0.2, -0.15) is 0 Å². The van der Waals surface area contributed by atoms with Gasteiger partial charge in [-0.05, 0) is 481 Å². The van der Waals surface area contributed by atoms with Gasteiger partial charge >= 0.3 is 0 Å². The smallest absolute Gasteiger partial charge is 0.153 e. The molecule has 0 bridgehead atoms. The molecular formula is C126H173FN2O16P2. The van der Waals surface area contributed by atoms with E-state index in [9.17, 15) is 34.1 Å². The number of nitrogens with one attached hydrogen (secondary N) is 1. The number of phenolic OH excluding ortho intramolecular Hbond substituents is 3. The number of aromatic hydroxyl groups is 3. The summed E-state index contributed by atoms with van der Waals surface area (Å²) in [5.74, 6) is 21.8. The lowest BCUT2D eigenvalue weighted by Crippen LogP contribution is -2.45. The molecule has 800 valence electrons. The lowest BCUT2D eigenvalue weighted by molar-refractivity contribution is 0.000913. The Morgan fingerprint density at radius 1 is 0.388 bits per heavy atom. The van der Waals surface area contributed by atoms with E-state index in [-0.39, 0.29) is 31.5 Å². The van der Waals surface area contributed by atoms with Crippen molar-refractivity contribution in [2.75, 3.05) is 81.1 Å². The Hall–Kier alpha value is -8.96. The standard InChI is InChI=1S/C34H47NO3.C29H37O4P.C29H36O4.C28H35O4P.C5H11N.CH3F.H2O.H2/c1-23-19-25-20-27(36)9-11-29(25)30-13-15-34(2)26(8-12-31(34)33(23)30)14-18-38-28-10-7-24(32(21-28)37-3)22-35-16-5-4-6-17-35;1-18-14-20-15-23(33-34)7-8-24(20)25-10-12-29(2)21(5-9-26(29)28(18)25)11-13-32-22-6-4-19(17-30)27(16-22)31-3;1-18-14-20-15-22(31)6-8-24(20)25-10-12-29(2)21(5-9-26(29)28(18)25)11-13-33-23-7-4-19(17-30)27(16-23)32-3;1-17-13-19-14-22(32-33)6-7-23(19)24-9-11-28(2)20(4-8-25(28)27(17)24)10-12-31-21-5-3-18(16-29)26(30)15-21;1-2-4-6-5-3-1;1-2;;/h7,9-11,20-21,23,26,30-31,33,36H,4-6,8,12-19,22H2,1-3H3;4,6-8,15-18,21,25-26,28H,5,9-14,34H2,1-3H3;4,6-8,15-18,21,25-26,28,31H,5,9-14H2,1-3H3;3,5-7,14-17,20,24-25,27,30H,4,8-13,33H2,1-2H3;6H,1-5H2;1H3;1H2;1H/t23-,26-,30?,31?,33?,34?;2*18-,21-,25?,26?,28?,29?;17-,20-,24?,25?,27?,28?;;;;/m1111..../s1/i;34T;;33T;;;;1+2/tm;18-,21-,25?,26?,28?,29?,34?;m;17-,20-,24?,25?,27?,28?,33?;;;;. The highest BCUT2D eigenvalue weighted by Gasteiger charge is 2.61. The number of methoxy groups -OCH3 is 3. The first-order chi connectivity index (χ1) is 71.8. The molecule has 6 N–H and O–H groups in total. The third kappa shape index (κ3) is 23.7. The molecule has 8 aromatic rings. The second kappa shape index (κ2) is 49.6. The van der Waals surface area contributed by atoms with E-state index in [1.165, 1.54) is 224 Å². The van der Waals surface area contributed by atoms with Crippen molar-refractivity contribution >= 4 is 37.7 Å². The maximum atomic E-state index is 11.2. The Kier molecular flexibility index (Phi) is 36.4. The molecule has 2 heterocycles. The Labute approximate surface area is 885 Å². The zero-order chi connectivity index (χ0) is 104. The molecule has 0 aromatic heterocycles. The number of nitrogens with zero attached hydrogens (tertiary/aromatic N) is 1. The van der Waals surface area contributed by atoms with E-state index < -0.39 is 0 Å². The van der Waals surface area contributed by atoms with Gasteiger partial charge in [0.05, 0.1) is 93.0 Å². The summed E-state index contributed by atoms with van der Waals surface area (Å²) < 4.78 is 76.2. The van der Waals surface area contributed by atoms with Crippen molar-refractivity contribution < 1.29 is 83.2 Å². The maximum absolute atomic E-state index is 11.2. The first kappa shape index (κ1) is 108. The van der Waals surface area contributed by atoms with Crippen LogP contribution in [0.25, 0.3) is 0 Å². The first-order valence-electron chi connectivity index (χ1n) is 56.9. The Balaban J connectivity index is 0.000000145. The molecule has 8 saturated carbocycles. The van der Waals surface area contributed by atoms with Crippen LogP contribution in [-0.2, 0) is 32.2 Å². The highest BCUT2D eigenvalue weighted by atomic mass is 31.0. The second-order valence-corrected chi connectivity index (χ2v) is 47.8. The molecule has 0 radical (unpaired) electrons. The van der Waals surface area contributed by atoms with Gasteiger partial charge in [-0.25, -0.2) is 0 Å². The van der Waals surface area contributed by atoms with Gasteiger partial charge in [0.2, 0.25) is 0 Å². The quantitative estimate of drug-likeness (QED) is 0.0263. The summed E-state index contributed by atoms with van der Waals surface area (Å²) in [5.41, 5.74) is 15.9. The van der Waals surface area contributed by atoms with Crippen LogP contribution in [0.5, 0.6) is 69.0 Å². The number of phenols is 3. The number of rotatable bonds is 28. The fraction of sp³-hybridized carbons (Fsp3) is 0.595. The van der Waals surface area contributed by atoms with Crippen LogP contribution in [-0.4, -0.2) is 128 Å². The lowest BCUT2D eigenvalue weighted by Gasteiger charge is -2.53. The summed E-state index contributed by atoms with van der Waals surface area (Å²) in [6.45, 7) is 28.7. The number of hydrogen-bond donors (Lipinski definition) is 4. The third-order valence-corrected chi connectivity index (χ3v) is 40.7. The van der Waals surface area contributed by atoms with Crippen molar-refractivity contribution in [3.05, 3.63) is 212 Å². The number of benzene rings is 8. The maximum Gasteiger partial charge on any atom is 0.153 e. The largest absolute Gasteiger partial charge is 0.508 e. The highest BCUT2D eigenvalue weighted by molar-refractivity contribution is 7.10. The minimum atomic E-state index is -0.261. The van der Waals surface area contributed by atoms with E-state index in [2.05, 4.69) is 132 Å². The fourth-order valence-corrected chi connectivity index (χ4v) is 33.4. The van der Waals surface area contributed by atoms with Crippen molar-refractivity contribution in [3.8, 4) is 69.0 Å². The Bertz CT molecular complexity index is 5780. The number of ether oxygens (including phenoxy) is 7. The first-order valence-corrected chi connectivity index (χ1v) is 56.7. The summed E-state index contributed by atoms with van der Waals surface area (Å²) in [5, 5.41) is 33.2. The summed E-state index contributed by atoms with van der Waals surface area (Å²) in [6, 6.07) is 47.6. The normalized spacial score (nSPS) is 31.7. The van der Waals surface area contributed by atoms with Crippen molar-refractivity contribution in [1.82, 2.24) is 10.2 Å². The number of hydrogen-bond acceptors (Lipinski definition) is 17. The molecule has 12 aliphatic carbocycles. The van der Waals surface area contributed by atoms with Gasteiger partial charge in [0, 0.05) is 37.8 Å². The Morgan fingerprint density at radius 2 is 0.701 bits per heavy atom. The molecule has 2 aliphatic heterocycles. The monoisotopic (exact) mass is 2060 g/mol. The van der Waals surface area contributed by atoms with Crippen LogP contribution >= 0.6 is 18.8 Å². The molecule has 0 spiro atoms. The van der Waals surface area contributed by atoms with Gasteiger partial charge in [0.25, 0.3) is 0 Å². The minimum absolute atomic E-state index is 0. The van der Waals surface area contributed by atoms with Crippen LogP contribution in [0.15, 0.2) is 146 Å². The topological polar surface area (TPSA) is 242 Å². The minimum Gasteiger partial charge on any atom is -0.508 e. The number of carbonyl (C=O) groups excluding carboxylic acids is 3. The summed E-state index contributed by atoms with van der Waals surface area (Å²) >= 11 is 0. The molecule has 18 nitrogen and oxygen atoms in total. The predicted molar refractivity (Wildman–Crippen MR) is 593 cm³/mol. The van der Waals surface area contributed by atoms with E-state index >= 15 is 0 Å². The van der Waals surface area contributed by atoms with Crippen LogP contribution in [0.2, 0.25) is 0 Å². The molecular weight excluding hydrogens is 1880 g/mol. The van der Waals surface area contributed by atoms with Crippen molar-refractivity contribution in [1.29, 1.82) is 2.56 Å². The van der Waals surface area contributed by atoms with Crippen LogP contribution in [0.3, 0.4) is 0 Å². The van der Waals surface area contributed by atoms with E-state index in [0.29, 0.717) is 165 Å². The highest BCUT2D eigenvalue weighted by Crippen LogP contribution is 2.70. The lowest BCUT2D eigenvalue weighted by atomic mass is 9.51. The number of halogens is 1. The number of aldehydes is 3. The van der Waals surface area contributed by atoms with Crippen molar-refractivity contribution in [2.45, 2.75) is 278 Å². The zero-order valence-electron chi connectivity index (χ0n) is 91.8. The zero-order valence-corrected chi connectivity index (χ0v) is 91.8. The van der Waals surface area contributed by atoms with Crippen LogP contribution in [0, 0.1) is 116 Å². The third-order valence-electron chi connectivity index (χ3n) is 40.3. The molecule has 10 fully saturated rings. The average Bonchev–Trinajstić information content (AvgIpc) is 1.57. The molecule has 22 rings (SSSR count). The molecule has 21 heteroatoms. The molecule has 14 aliphatic rings. The average molecular weight is 2060 g/mol. The summed E-state index contributed by atoms with van der Waals surface area (Å²) in [7, 11) is 4.92. The molecule has 8 aromatic carbocycles. The molecule has 26 atom stereocenters. The molecule has 0 amide bonds. The number of likely N-dealkylation sites (tertiary alicyclic amines) is 1. The second-order valence-electron chi connectivity index (χ2n) is 47.4. The SMILES string of the molecule is C1CCNCC1.CF.COc1cc(OCC[C@H]2CCC3C4C(CCC32C)c2ccc(O)cc2C[C@H]4C)ccc1C=O.COc1cc(OCC[C@H]2CCC3C4C(CCC32C)c2ccc(O)cc2C[C@H]4C)ccc1CN1CCCCC1.O.[3HH].[3H]POc1ccc2c(c1)C[C@@H](C)C1C2CCC2(C)C1CC[C@@H]2CCOc1ccc(C=O)c(O)c1.[3H]POc1ccc2c(c1)C[C@@H](C)C1C2CCC2(C)C1CC[C@@H]2CCOc1ccc(C=O)c(OC)c1. The summed E-state index contributed by atoms with van der Waals surface area (Å²) in [4.78, 5) is 35.7. The van der Waals surface area contributed by atoms with E-state index in [1.807, 2.05) is 48.5 Å². The van der Waals surface area contributed by atoms with Gasteiger partial charge < -0.3 is 68.3 Å². The van der Waals surface area contributed by atoms with E-state index in [0.717, 1.165) is 165 Å². The number of carbonyl (C=O) groups is 3. The number of piperidine rings is 2. The van der Waals surface area contributed by atoms with Gasteiger partial charge in [-0.3, -0.25) is 23.7 Å². The molecule has 18 unspecified atom stereocenters. The number of fused-ring (bicyclic) bond motifs is 20. The fourth-order valence-electron chi connectivity index (χ4n) is 33.1. The summed E-state index contributed by atoms with van der Waals surface area (Å²) in [6.07, 6.45) is 39.9. The molecule has 147 heavy (non-hydrogen) atoms. The van der Waals surface area contributed by atoms with Gasteiger partial charge in [0.1, 0.15) is 69.0 Å². The van der Waals surface area contributed by atoms with Crippen molar-refractivity contribution in [3.63, 3.8) is 0 Å². The van der Waals surface area contributed by atoms with E-state index in [1.54, 1.807) is 45.6 Å². The van der Waals surface area contributed by atoms with Crippen molar-refractivity contribution in [2.24, 2.45) is 116 Å². The van der Waals surface area contributed by atoms with Gasteiger partial charge in [0.15, 0.2) is 18.9 Å². The Morgan fingerprint density at radius 3 is 1.02 bits per heavy atom.